The molecular formula is C17H26N3O2+. The number of piperazine rings is 1. The molecular weight excluding hydrogens is 278 g/mol. The molecule has 1 aromatic rings. The van der Waals surface area contributed by atoms with Gasteiger partial charge in [-0.2, -0.15) is 0 Å². The molecule has 0 unspecified atom stereocenters. The maximum absolute atomic E-state index is 12.2. The molecule has 5 heteroatoms. The van der Waals surface area contributed by atoms with E-state index >= 15 is 0 Å². The number of quaternary nitrogens is 1. The minimum Gasteiger partial charge on any atom is -0.497 e. The van der Waals surface area contributed by atoms with Crippen molar-refractivity contribution in [2.24, 2.45) is 0 Å². The lowest BCUT2D eigenvalue weighted by molar-refractivity contribution is -0.914. The number of ether oxygens (including phenoxy) is 1. The first-order chi connectivity index (χ1) is 10.7. The monoisotopic (exact) mass is 304 g/mol. The highest BCUT2D eigenvalue weighted by molar-refractivity contribution is 5.80. The van der Waals surface area contributed by atoms with Crippen LogP contribution in [0.25, 0.3) is 0 Å². The summed E-state index contributed by atoms with van der Waals surface area (Å²) in [5, 5.41) is 3.12. The van der Waals surface area contributed by atoms with Crippen LogP contribution in [-0.4, -0.2) is 51.3 Å². The van der Waals surface area contributed by atoms with E-state index in [0.717, 1.165) is 44.8 Å². The Balaban J connectivity index is 1.51. The summed E-state index contributed by atoms with van der Waals surface area (Å²) in [6.07, 6.45) is 2.30. The molecule has 1 heterocycles. The van der Waals surface area contributed by atoms with E-state index in [0.29, 0.717) is 6.04 Å². The van der Waals surface area contributed by atoms with E-state index in [4.69, 9.17) is 4.74 Å². The molecule has 2 fully saturated rings. The third-order valence-electron chi connectivity index (χ3n) is 4.77. The molecule has 1 atom stereocenters. The standard InChI is InChI=1S/C17H25N3O2/c1-13(17(21)18-14-3-4-14)19-9-11-20(12-10-19)15-5-7-16(22-2)8-6-15/h5-8,13-14H,3-4,9-12H2,1-2H3,(H,18,21)/p+1/t13-/m1/s1. The van der Waals surface area contributed by atoms with Gasteiger partial charge in [-0.3, -0.25) is 4.79 Å². The lowest BCUT2D eigenvalue weighted by Crippen LogP contribution is -3.19. The van der Waals surface area contributed by atoms with Crippen LogP contribution in [0.5, 0.6) is 5.75 Å². The van der Waals surface area contributed by atoms with Gasteiger partial charge in [-0.25, -0.2) is 0 Å². The number of carbonyl (C=O) groups excluding carboxylic acids is 1. The normalized spacial score (nSPS) is 20.5. The van der Waals surface area contributed by atoms with Gasteiger partial charge in [-0.1, -0.05) is 0 Å². The Morgan fingerprint density at radius 3 is 2.45 bits per heavy atom. The van der Waals surface area contributed by atoms with Crippen molar-refractivity contribution in [1.82, 2.24) is 5.32 Å². The van der Waals surface area contributed by atoms with E-state index in [1.54, 1.807) is 7.11 Å². The van der Waals surface area contributed by atoms with E-state index in [2.05, 4.69) is 29.3 Å². The molecule has 1 saturated heterocycles. The number of anilines is 1. The summed E-state index contributed by atoms with van der Waals surface area (Å²) in [5.41, 5.74) is 1.23. The third-order valence-corrected chi connectivity index (χ3v) is 4.77. The second kappa shape index (κ2) is 6.57. The molecule has 5 nitrogen and oxygen atoms in total. The fourth-order valence-electron chi connectivity index (χ4n) is 3.02. The zero-order chi connectivity index (χ0) is 15.5. The third kappa shape index (κ3) is 3.53. The molecule has 2 N–H and O–H groups in total. The van der Waals surface area contributed by atoms with E-state index in [9.17, 15) is 4.79 Å². The molecule has 1 amide bonds. The second-order valence-electron chi connectivity index (χ2n) is 6.35. The van der Waals surface area contributed by atoms with Gasteiger partial charge >= 0.3 is 0 Å². The van der Waals surface area contributed by atoms with Crippen LogP contribution in [0.3, 0.4) is 0 Å². The summed E-state index contributed by atoms with van der Waals surface area (Å²) >= 11 is 0. The van der Waals surface area contributed by atoms with E-state index in [1.807, 2.05) is 12.1 Å². The molecule has 3 rings (SSSR count). The minimum absolute atomic E-state index is 0.0543. The number of nitrogens with one attached hydrogen (secondary N) is 2. The van der Waals surface area contributed by atoms with Crippen molar-refractivity contribution in [3.8, 4) is 5.75 Å². The van der Waals surface area contributed by atoms with E-state index in [-0.39, 0.29) is 11.9 Å². The first-order valence-electron chi connectivity index (χ1n) is 8.21. The van der Waals surface area contributed by atoms with Crippen LogP contribution in [0.2, 0.25) is 0 Å². The topological polar surface area (TPSA) is 46.0 Å². The highest BCUT2D eigenvalue weighted by Gasteiger charge is 2.32. The first-order valence-corrected chi connectivity index (χ1v) is 8.21. The lowest BCUT2D eigenvalue weighted by Gasteiger charge is -2.36. The highest BCUT2D eigenvalue weighted by atomic mass is 16.5. The van der Waals surface area contributed by atoms with Crippen LogP contribution in [0.15, 0.2) is 24.3 Å². The summed E-state index contributed by atoms with van der Waals surface area (Å²) in [4.78, 5) is 15.9. The Hall–Kier alpha value is -1.75. The maximum atomic E-state index is 12.2. The Bertz CT molecular complexity index is 505. The average Bonchev–Trinajstić information content (AvgIpc) is 3.38. The smallest absolute Gasteiger partial charge is 0.278 e. The number of nitrogens with zero attached hydrogens (tertiary/aromatic N) is 1. The fourth-order valence-corrected chi connectivity index (χ4v) is 3.02. The largest absolute Gasteiger partial charge is 0.497 e. The minimum atomic E-state index is 0.0543. The van der Waals surface area contributed by atoms with Crippen LogP contribution in [0.4, 0.5) is 5.69 Å². The SMILES string of the molecule is COc1ccc(N2CC[NH+]([C@H](C)C(=O)NC3CC3)CC2)cc1. The van der Waals surface area contributed by atoms with Gasteiger partial charge in [0.15, 0.2) is 6.04 Å². The van der Waals surface area contributed by atoms with Gasteiger partial charge in [0.2, 0.25) is 0 Å². The molecule has 0 radical (unpaired) electrons. The molecule has 0 spiro atoms. The number of hydrogen-bond acceptors (Lipinski definition) is 3. The van der Waals surface area contributed by atoms with Crippen molar-refractivity contribution in [2.75, 3.05) is 38.2 Å². The predicted molar refractivity (Wildman–Crippen MR) is 86.5 cm³/mol. The van der Waals surface area contributed by atoms with Gasteiger partial charge in [0.05, 0.1) is 33.3 Å². The van der Waals surface area contributed by atoms with Crippen LogP contribution in [-0.2, 0) is 4.79 Å². The van der Waals surface area contributed by atoms with Crippen molar-refractivity contribution >= 4 is 11.6 Å². The molecule has 2 aliphatic rings. The maximum Gasteiger partial charge on any atom is 0.278 e. The second-order valence-corrected chi connectivity index (χ2v) is 6.35. The van der Waals surface area contributed by atoms with Gasteiger partial charge in [-0.15, -0.1) is 0 Å². The first kappa shape index (κ1) is 15.2. The van der Waals surface area contributed by atoms with E-state index < -0.39 is 0 Å². The molecule has 1 aliphatic carbocycles. The zero-order valence-electron chi connectivity index (χ0n) is 13.5. The van der Waals surface area contributed by atoms with Gasteiger partial charge < -0.3 is 19.9 Å². The van der Waals surface area contributed by atoms with Crippen molar-refractivity contribution in [3.63, 3.8) is 0 Å². The van der Waals surface area contributed by atoms with Gasteiger partial charge in [0.1, 0.15) is 5.75 Å². The molecule has 22 heavy (non-hydrogen) atoms. The van der Waals surface area contributed by atoms with Crippen LogP contribution >= 0.6 is 0 Å². The summed E-state index contributed by atoms with van der Waals surface area (Å²) < 4.78 is 5.20. The van der Waals surface area contributed by atoms with Crippen molar-refractivity contribution < 1.29 is 14.4 Å². The molecule has 0 bridgehead atoms. The van der Waals surface area contributed by atoms with Crippen molar-refractivity contribution in [1.29, 1.82) is 0 Å². The summed E-state index contributed by atoms with van der Waals surface area (Å²) in [5.74, 6) is 1.11. The summed E-state index contributed by atoms with van der Waals surface area (Å²) in [6.45, 7) is 6.04. The van der Waals surface area contributed by atoms with Crippen LogP contribution in [0.1, 0.15) is 19.8 Å². The van der Waals surface area contributed by atoms with Gasteiger partial charge in [0.25, 0.3) is 5.91 Å². The highest BCUT2D eigenvalue weighted by Crippen LogP contribution is 2.19. The molecule has 0 aromatic heterocycles. The molecule has 1 aromatic carbocycles. The van der Waals surface area contributed by atoms with Gasteiger partial charge in [0, 0.05) is 11.7 Å². The Morgan fingerprint density at radius 2 is 1.91 bits per heavy atom. The Morgan fingerprint density at radius 1 is 1.27 bits per heavy atom. The fraction of sp³-hybridized carbons (Fsp3) is 0.588. The number of benzene rings is 1. The van der Waals surface area contributed by atoms with E-state index in [1.165, 1.54) is 10.6 Å². The number of rotatable bonds is 5. The van der Waals surface area contributed by atoms with Crippen molar-refractivity contribution in [2.45, 2.75) is 31.8 Å². The summed E-state index contributed by atoms with van der Waals surface area (Å²) in [7, 11) is 1.69. The quantitative estimate of drug-likeness (QED) is 0.809. The molecule has 1 aliphatic heterocycles. The average molecular weight is 304 g/mol. The predicted octanol–water partition coefficient (Wildman–Crippen LogP) is 0.0672. The van der Waals surface area contributed by atoms with Crippen LogP contribution in [0, 0.1) is 0 Å². The number of methoxy groups -OCH3 is 1. The van der Waals surface area contributed by atoms with Crippen LogP contribution < -0.4 is 19.9 Å². The Labute approximate surface area is 132 Å². The van der Waals surface area contributed by atoms with Crippen molar-refractivity contribution in [3.05, 3.63) is 24.3 Å². The molecule has 1 saturated carbocycles. The summed E-state index contributed by atoms with van der Waals surface area (Å²) in [6, 6.07) is 8.72. The lowest BCUT2D eigenvalue weighted by atomic mass is 10.2. The number of hydrogen-bond donors (Lipinski definition) is 2. The molecule has 120 valence electrons. The number of carbonyl (C=O) groups is 1. The Kier molecular flexibility index (Phi) is 4.52. The zero-order valence-corrected chi connectivity index (χ0v) is 13.5. The van der Waals surface area contributed by atoms with Gasteiger partial charge in [-0.05, 0) is 44.0 Å². The number of amides is 1.